The van der Waals surface area contributed by atoms with Gasteiger partial charge in [0.2, 0.25) is 0 Å². The first kappa shape index (κ1) is 13.4. The highest BCUT2D eigenvalue weighted by atomic mass is 14.9. The van der Waals surface area contributed by atoms with E-state index in [1.807, 2.05) is 6.92 Å². The average molecular weight is 243 g/mol. The summed E-state index contributed by atoms with van der Waals surface area (Å²) in [4.78, 5) is 0. The molecular weight excluding hydrogens is 218 g/mol. The topological polar surface area (TPSA) is 12.0 Å². The molecule has 2 rings (SSSR count). The van der Waals surface area contributed by atoms with Gasteiger partial charge in [0.25, 0.3) is 0 Å². The van der Waals surface area contributed by atoms with E-state index in [0.717, 1.165) is 11.5 Å². The molecule has 1 aliphatic heterocycles. The number of hydrogen-bond donors (Lipinski definition) is 1. The fourth-order valence-corrected chi connectivity index (χ4v) is 2.71. The first-order valence-corrected chi connectivity index (χ1v) is 7.17. The minimum Gasteiger partial charge on any atom is -0.317 e. The molecule has 0 atom stereocenters. The highest BCUT2D eigenvalue weighted by Gasteiger charge is 2.15. The van der Waals surface area contributed by atoms with Crippen LogP contribution in [-0.4, -0.2) is 13.1 Å². The maximum atomic E-state index is 3.90. The van der Waals surface area contributed by atoms with Gasteiger partial charge in [-0.1, -0.05) is 42.0 Å². The number of nitrogens with one attached hydrogen (secondary N) is 1. The third-order valence-corrected chi connectivity index (χ3v) is 3.86. The molecule has 2 aliphatic rings. The molecule has 0 aromatic heterocycles. The molecule has 1 N–H and O–H groups in total. The highest BCUT2D eigenvalue weighted by Crippen LogP contribution is 2.28. The van der Waals surface area contributed by atoms with Crippen molar-refractivity contribution in [3.05, 3.63) is 47.6 Å². The largest absolute Gasteiger partial charge is 0.317 e. The third kappa shape index (κ3) is 4.30. The first-order chi connectivity index (χ1) is 8.74. The molecule has 0 amide bonds. The Morgan fingerprint density at radius 1 is 1.33 bits per heavy atom. The van der Waals surface area contributed by atoms with E-state index in [4.69, 9.17) is 0 Å². The van der Waals surface area contributed by atoms with Crippen LogP contribution in [0.5, 0.6) is 0 Å². The number of allylic oxidation sites excluding steroid dienone is 7. The van der Waals surface area contributed by atoms with Gasteiger partial charge in [-0.05, 0) is 63.6 Å². The van der Waals surface area contributed by atoms with Crippen LogP contribution in [0.15, 0.2) is 47.6 Å². The average Bonchev–Trinajstić information content (AvgIpc) is 2.39. The number of hydrogen-bond acceptors (Lipinski definition) is 1. The van der Waals surface area contributed by atoms with Crippen molar-refractivity contribution >= 4 is 0 Å². The van der Waals surface area contributed by atoms with Gasteiger partial charge in [0.1, 0.15) is 0 Å². The second-order valence-corrected chi connectivity index (χ2v) is 5.64. The fourth-order valence-electron chi connectivity index (χ4n) is 2.71. The lowest BCUT2D eigenvalue weighted by Gasteiger charge is -2.24. The summed E-state index contributed by atoms with van der Waals surface area (Å²) in [5.74, 6) is 0.915. The van der Waals surface area contributed by atoms with Crippen LogP contribution in [-0.2, 0) is 0 Å². The molecule has 0 bridgehead atoms. The van der Waals surface area contributed by atoms with Crippen LogP contribution >= 0.6 is 0 Å². The van der Waals surface area contributed by atoms with Gasteiger partial charge in [0, 0.05) is 0 Å². The van der Waals surface area contributed by atoms with Crippen molar-refractivity contribution < 1.29 is 0 Å². The Hall–Kier alpha value is -1.08. The van der Waals surface area contributed by atoms with E-state index >= 15 is 0 Å². The smallest absolute Gasteiger partial charge is 0.00462 e. The SMILES string of the molecule is C=C(C)/C=C/C1=CC=C(CC2CCNCC2)CC1. The first-order valence-electron chi connectivity index (χ1n) is 7.17. The summed E-state index contributed by atoms with van der Waals surface area (Å²) in [6, 6.07) is 0. The van der Waals surface area contributed by atoms with Crippen molar-refractivity contribution in [1.29, 1.82) is 0 Å². The highest BCUT2D eigenvalue weighted by molar-refractivity contribution is 5.33. The Kier molecular flexibility index (Phi) is 5.00. The van der Waals surface area contributed by atoms with Crippen molar-refractivity contribution in [2.45, 2.75) is 39.0 Å². The lowest BCUT2D eigenvalue weighted by Crippen LogP contribution is -2.27. The minimum absolute atomic E-state index is 0.915. The molecule has 0 aromatic carbocycles. The summed E-state index contributed by atoms with van der Waals surface area (Å²) >= 11 is 0. The molecule has 1 aliphatic carbocycles. The molecule has 1 heteroatoms. The molecule has 1 saturated heterocycles. The lowest BCUT2D eigenvalue weighted by molar-refractivity contribution is 0.369. The van der Waals surface area contributed by atoms with Gasteiger partial charge in [-0.2, -0.15) is 0 Å². The van der Waals surface area contributed by atoms with Gasteiger partial charge >= 0.3 is 0 Å². The van der Waals surface area contributed by atoms with Gasteiger partial charge in [-0.15, -0.1) is 0 Å². The summed E-state index contributed by atoms with van der Waals surface area (Å²) in [5, 5.41) is 3.44. The molecule has 0 spiro atoms. The van der Waals surface area contributed by atoms with E-state index in [9.17, 15) is 0 Å². The van der Waals surface area contributed by atoms with Crippen molar-refractivity contribution in [3.8, 4) is 0 Å². The Morgan fingerprint density at radius 3 is 2.72 bits per heavy atom. The van der Waals surface area contributed by atoms with Gasteiger partial charge in [0.05, 0.1) is 0 Å². The zero-order chi connectivity index (χ0) is 12.8. The fraction of sp³-hybridized carbons (Fsp3) is 0.529. The molecule has 0 unspecified atom stereocenters. The van der Waals surface area contributed by atoms with Crippen molar-refractivity contribution in [2.24, 2.45) is 5.92 Å². The van der Waals surface area contributed by atoms with Crippen LogP contribution in [0.25, 0.3) is 0 Å². The van der Waals surface area contributed by atoms with E-state index in [1.54, 1.807) is 5.57 Å². The zero-order valence-corrected chi connectivity index (χ0v) is 11.5. The van der Waals surface area contributed by atoms with Crippen LogP contribution in [0, 0.1) is 5.92 Å². The Labute approximate surface area is 111 Å². The van der Waals surface area contributed by atoms with Crippen LogP contribution in [0.3, 0.4) is 0 Å². The van der Waals surface area contributed by atoms with E-state index in [0.29, 0.717) is 0 Å². The quantitative estimate of drug-likeness (QED) is 0.731. The third-order valence-electron chi connectivity index (χ3n) is 3.86. The Morgan fingerprint density at radius 2 is 2.11 bits per heavy atom. The van der Waals surface area contributed by atoms with Crippen LogP contribution in [0.4, 0.5) is 0 Å². The maximum Gasteiger partial charge on any atom is -0.00462 e. The molecule has 98 valence electrons. The van der Waals surface area contributed by atoms with Gasteiger partial charge in [-0.25, -0.2) is 0 Å². The maximum absolute atomic E-state index is 3.90. The van der Waals surface area contributed by atoms with Crippen molar-refractivity contribution in [1.82, 2.24) is 5.32 Å². The van der Waals surface area contributed by atoms with E-state index in [1.165, 1.54) is 50.8 Å². The van der Waals surface area contributed by atoms with Crippen molar-refractivity contribution in [3.63, 3.8) is 0 Å². The zero-order valence-electron chi connectivity index (χ0n) is 11.5. The monoisotopic (exact) mass is 243 g/mol. The van der Waals surface area contributed by atoms with Crippen LogP contribution < -0.4 is 5.32 Å². The van der Waals surface area contributed by atoms with Gasteiger partial charge < -0.3 is 5.32 Å². The molecule has 1 nitrogen and oxygen atoms in total. The standard InChI is InChI=1S/C17H25N/c1-14(2)3-4-15-5-7-16(8-6-15)13-17-9-11-18-12-10-17/h3-5,7,17-18H,1,6,8-13H2,2H3/b4-3+. The van der Waals surface area contributed by atoms with Crippen LogP contribution in [0.2, 0.25) is 0 Å². The minimum atomic E-state index is 0.915. The molecule has 18 heavy (non-hydrogen) atoms. The van der Waals surface area contributed by atoms with Crippen molar-refractivity contribution in [2.75, 3.05) is 13.1 Å². The molecular formula is C17H25N. The molecule has 0 saturated carbocycles. The number of piperidine rings is 1. The predicted octanol–water partition coefficient (Wildman–Crippen LogP) is 4.16. The summed E-state index contributed by atoms with van der Waals surface area (Å²) in [6.45, 7) is 8.35. The normalized spacial score (nSPS) is 21.8. The van der Waals surface area contributed by atoms with Gasteiger partial charge in [0.15, 0.2) is 0 Å². The van der Waals surface area contributed by atoms with E-state index in [-0.39, 0.29) is 0 Å². The van der Waals surface area contributed by atoms with E-state index < -0.39 is 0 Å². The second-order valence-electron chi connectivity index (χ2n) is 5.64. The van der Waals surface area contributed by atoms with E-state index in [2.05, 4.69) is 36.2 Å². The predicted molar refractivity (Wildman–Crippen MR) is 79.6 cm³/mol. The molecule has 1 heterocycles. The summed E-state index contributed by atoms with van der Waals surface area (Å²) < 4.78 is 0. The van der Waals surface area contributed by atoms with Gasteiger partial charge in [-0.3, -0.25) is 0 Å². The second kappa shape index (κ2) is 6.75. The number of rotatable bonds is 4. The summed E-state index contributed by atoms with van der Waals surface area (Å²) in [5.41, 5.74) is 4.21. The van der Waals surface area contributed by atoms with Crippen LogP contribution in [0.1, 0.15) is 39.0 Å². The Bertz CT molecular complexity index is 378. The molecule has 1 fully saturated rings. The Balaban J connectivity index is 1.86. The summed E-state index contributed by atoms with van der Waals surface area (Å²) in [7, 11) is 0. The molecule has 0 aromatic rings. The summed E-state index contributed by atoms with van der Waals surface area (Å²) in [6.07, 6.45) is 15.4. The molecule has 0 radical (unpaired) electrons. The lowest BCUT2D eigenvalue weighted by atomic mass is 9.86.